The van der Waals surface area contributed by atoms with Crippen LogP contribution in [0, 0.1) is 5.92 Å². The van der Waals surface area contributed by atoms with Gasteiger partial charge in [0.25, 0.3) is 5.91 Å². The lowest BCUT2D eigenvalue weighted by Gasteiger charge is -2.40. The number of carbonyl (C=O) groups excluding carboxylic acids is 1. The van der Waals surface area contributed by atoms with E-state index in [1.807, 2.05) is 5.01 Å². The number of alkyl halides is 3. The Kier molecular flexibility index (Phi) is 5.14. The first-order chi connectivity index (χ1) is 9.79. The Hall–Kier alpha value is -0.820. The van der Waals surface area contributed by atoms with Crippen LogP contribution in [-0.2, 0) is 4.79 Å². The van der Waals surface area contributed by atoms with Crippen LogP contribution in [0.25, 0.3) is 0 Å². The van der Waals surface area contributed by atoms with Crippen molar-refractivity contribution in [3.8, 4) is 0 Å². The molecule has 0 aromatic rings. The van der Waals surface area contributed by atoms with Crippen LogP contribution in [0.1, 0.15) is 46.0 Å². The topological polar surface area (TPSA) is 44.4 Å². The van der Waals surface area contributed by atoms with Gasteiger partial charge in [0, 0.05) is 18.6 Å². The molecule has 1 amide bonds. The van der Waals surface area contributed by atoms with Crippen molar-refractivity contribution in [3.05, 3.63) is 0 Å². The van der Waals surface area contributed by atoms with Gasteiger partial charge in [-0.25, -0.2) is 5.01 Å². The first-order valence-electron chi connectivity index (χ1n) is 7.68. The number of amides is 1. The molecule has 7 heteroatoms. The maximum atomic E-state index is 12.6. The molecule has 4 unspecified atom stereocenters. The summed E-state index contributed by atoms with van der Waals surface area (Å²) in [7, 11) is 0. The quantitative estimate of drug-likeness (QED) is 0.822. The Morgan fingerprint density at radius 3 is 2.24 bits per heavy atom. The van der Waals surface area contributed by atoms with Crippen LogP contribution in [0.5, 0.6) is 0 Å². The van der Waals surface area contributed by atoms with Gasteiger partial charge in [-0.05, 0) is 39.5 Å². The van der Waals surface area contributed by atoms with Crippen LogP contribution in [0.3, 0.4) is 0 Å². The van der Waals surface area contributed by atoms with E-state index in [1.165, 1.54) is 0 Å². The summed E-state index contributed by atoms with van der Waals surface area (Å²) in [6.45, 7) is 3.94. The van der Waals surface area contributed by atoms with Gasteiger partial charge in [0.1, 0.15) is 0 Å². The highest BCUT2D eigenvalue weighted by molar-refractivity contribution is 5.81. The van der Waals surface area contributed by atoms with Crippen molar-refractivity contribution in [3.63, 3.8) is 0 Å². The van der Waals surface area contributed by atoms with Gasteiger partial charge in [-0.15, -0.1) is 0 Å². The molecule has 4 atom stereocenters. The van der Waals surface area contributed by atoms with Gasteiger partial charge in [0.15, 0.2) is 0 Å². The normalized spacial score (nSPS) is 35.5. The maximum Gasteiger partial charge on any atom is 0.393 e. The summed E-state index contributed by atoms with van der Waals surface area (Å²) in [5.41, 5.74) is 2.89. The van der Waals surface area contributed by atoms with Gasteiger partial charge in [-0.1, -0.05) is 6.42 Å². The number of hydrogen-bond acceptors (Lipinski definition) is 3. The predicted octanol–water partition coefficient (Wildman–Crippen LogP) is 2.21. The lowest BCUT2D eigenvalue weighted by molar-refractivity contribution is -0.180. The van der Waals surface area contributed by atoms with E-state index in [9.17, 15) is 18.0 Å². The van der Waals surface area contributed by atoms with Crippen molar-refractivity contribution in [2.45, 2.75) is 70.3 Å². The van der Waals surface area contributed by atoms with Crippen LogP contribution in [0.15, 0.2) is 0 Å². The molecule has 21 heavy (non-hydrogen) atoms. The van der Waals surface area contributed by atoms with Gasteiger partial charge >= 0.3 is 6.18 Å². The van der Waals surface area contributed by atoms with E-state index in [1.54, 1.807) is 0 Å². The first-order valence-corrected chi connectivity index (χ1v) is 7.68. The second kappa shape index (κ2) is 6.52. The second-order valence-corrected chi connectivity index (χ2v) is 6.29. The fourth-order valence-corrected chi connectivity index (χ4v) is 3.21. The number of hydrogen-bond donors (Lipinski definition) is 2. The Morgan fingerprint density at radius 1 is 1.14 bits per heavy atom. The van der Waals surface area contributed by atoms with Gasteiger partial charge in [-0.2, -0.15) is 13.2 Å². The average molecular weight is 307 g/mol. The van der Waals surface area contributed by atoms with Crippen molar-refractivity contribution in [1.82, 2.24) is 15.8 Å². The largest absolute Gasteiger partial charge is 0.393 e. The van der Waals surface area contributed by atoms with E-state index in [2.05, 4.69) is 24.6 Å². The molecular weight excluding hydrogens is 283 g/mol. The van der Waals surface area contributed by atoms with Gasteiger partial charge in [-0.3, -0.25) is 10.2 Å². The highest BCUT2D eigenvalue weighted by Crippen LogP contribution is 2.32. The fourth-order valence-electron chi connectivity index (χ4n) is 3.21. The van der Waals surface area contributed by atoms with Crippen LogP contribution < -0.4 is 10.7 Å². The molecule has 122 valence electrons. The molecule has 2 heterocycles. The SMILES string of the molecule is CC1CCCC(C)N1NC(=O)C1CCC(C(F)(F)F)CN1. The molecule has 0 radical (unpaired) electrons. The van der Waals surface area contributed by atoms with Crippen molar-refractivity contribution in [2.24, 2.45) is 5.92 Å². The van der Waals surface area contributed by atoms with Crippen molar-refractivity contribution in [2.75, 3.05) is 6.54 Å². The van der Waals surface area contributed by atoms with Gasteiger partial charge < -0.3 is 5.32 Å². The van der Waals surface area contributed by atoms with Gasteiger partial charge in [0.05, 0.1) is 12.0 Å². The maximum absolute atomic E-state index is 12.6. The molecule has 0 aromatic heterocycles. The van der Waals surface area contributed by atoms with Crippen molar-refractivity contribution >= 4 is 5.91 Å². The first kappa shape index (κ1) is 16.5. The molecule has 4 nitrogen and oxygen atoms in total. The molecule has 0 bridgehead atoms. The fraction of sp³-hybridized carbons (Fsp3) is 0.929. The van der Waals surface area contributed by atoms with E-state index in [-0.39, 0.29) is 37.4 Å². The number of nitrogens with one attached hydrogen (secondary N) is 2. The summed E-state index contributed by atoms with van der Waals surface area (Å²) in [5, 5.41) is 4.68. The number of rotatable bonds is 2. The molecule has 2 aliphatic rings. The van der Waals surface area contributed by atoms with E-state index >= 15 is 0 Å². The number of carbonyl (C=O) groups is 1. The number of nitrogens with zero attached hydrogens (tertiary/aromatic N) is 1. The number of piperidine rings is 2. The highest BCUT2D eigenvalue weighted by atomic mass is 19.4. The molecule has 2 saturated heterocycles. The number of halogens is 3. The molecule has 0 saturated carbocycles. The van der Waals surface area contributed by atoms with Crippen molar-refractivity contribution in [1.29, 1.82) is 0 Å². The summed E-state index contributed by atoms with van der Waals surface area (Å²) in [6.07, 6.45) is -0.738. The third kappa shape index (κ3) is 4.10. The standard InChI is InChI=1S/C14H24F3N3O/c1-9-4-3-5-10(2)20(9)19-13(21)12-7-6-11(8-18-12)14(15,16)17/h9-12,18H,3-8H2,1-2H3,(H,19,21). The zero-order chi connectivity index (χ0) is 15.6. The van der Waals surface area contributed by atoms with Crippen LogP contribution in [0.2, 0.25) is 0 Å². The molecule has 0 aromatic carbocycles. The molecule has 2 N–H and O–H groups in total. The summed E-state index contributed by atoms with van der Waals surface area (Å²) >= 11 is 0. The third-order valence-corrected chi connectivity index (χ3v) is 4.63. The average Bonchev–Trinajstić information content (AvgIpc) is 2.42. The van der Waals surface area contributed by atoms with E-state index in [0.29, 0.717) is 0 Å². The summed E-state index contributed by atoms with van der Waals surface area (Å²) in [4.78, 5) is 12.2. The highest BCUT2D eigenvalue weighted by Gasteiger charge is 2.42. The molecule has 2 rings (SSSR count). The minimum Gasteiger partial charge on any atom is -0.305 e. The number of hydrazine groups is 1. The summed E-state index contributed by atoms with van der Waals surface area (Å²) in [5.74, 6) is -1.55. The third-order valence-electron chi connectivity index (χ3n) is 4.63. The van der Waals surface area contributed by atoms with E-state index in [0.717, 1.165) is 19.3 Å². The predicted molar refractivity (Wildman–Crippen MR) is 73.3 cm³/mol. The van der Waals surface area contributed by atoms with E-state index in [4.69, 9.17) is 0 Å². The molecular formula is C14H24F3N3O. The summed E-state index contributed by atoms with van der Waals surface area (Å²) in [6, 6.07) is 0.0124. The van der Waals surface area contributed by atoms with Crippen LogP contribution in [-0.4, -0.2) is 41.8 Å². The Labute approximate surface area is 123 Å². The minimum absolute atomic E-state index is 0.0136. The van der Waals surface area contributed by atoms with Crippen molar-refractivity contribution < 1.29 is 18.0 Å². The van der Waals surface area contributed by atoms with Gasteiger partial charge in [0.2, 0.25) is 0 Å². The molecule has 0 spiro atoms. The monoisotopic (exact) mass is 307 g/mol. The minimum atomic E-state index is -4.18. The Bertz CT molecular complexity index is 357. The lowest BCUT2D eigenvalue weighted by atomic mass is 9.94. The zero-order valence-electron chi connectivity index (χ0n) is 12.5. The summed E-state index contributed by atoms with van der Waals surface area (Å²) < 4.78 is 37.8. The molecule has 0 aliphatic carbocycles. The Balaban J connectivity index is 1.85. The molecule has 2 aliphatic heterocycles. The molecule has 2 fully saturated rings. The Morgan fingerprint density at radius 2 is 1.76 bits per heavy atom. The van der Waals surface area contributed by atoms with Crippen LogP contribution in [0.4, 0.5) is 13.2 Å². The smallest absolute Gasteiger partial charge is 0.305 e. The van der Waals surface area contributed by atoms with Crippen LogP contribution >= 0.6 is 0 Å². The lowest BCUT2D eigenvalue weighted by Crippen LogP contribution is -2.59. The van der Waals surface area contributed by atoms with E-state index < -0.39 is 18.1 Å². The zero-order valence-corrected chi connectivity index (χ0v) is 12.5. The second-order valence-electron chi connectivity index (χ2n) is 6.29.